The molecule has 8 nitrogen and oxygen atoms in total. The number of ether oxygens (including phenoxy) is 2. The normalized spacial score (nSPS) is 12.1. The Morgan fingerprint density at radius 1 is 1.27 bits per heavy atom. The van der Waals surface area contributed by atoms with Crippen LogP contribution in [0.1, 0.15) is 49.5 Å². The van der Waals surface area contributed by atoms with Crippen LogP contribution in [0.4, 0.5) is 0 Å². The molecular formula is C18H26N4O4. The second-order valence-corrected chi connectivity index (χ2v) is 6.38. The van der Waals surface area contributed by atoms with E-state index in [9.17, 15) is 4.79 Å². The summed E-state index contributed by atoms with van der Waals surface area (Å²) in [5.41, 5.74) is 6.99. The minimum absolute atomic E-state index is 0.108. The van der Waals surface area contributed by atoms with E-state index in [1.165, 1.54) is 4.90 Å². The lowest BCUT2D eigenvalue weighted by Crippen LogP contribution is -2.30. The molecule has 0 saturated heterocycles. The molecule has 2 rings (SSSR count). The van der Waals surface area contributed by atoms with Crippen molar-refractivity contribution in [1.29, 1.82) is 0 Å². The average molecular weight is 362 g/mol. The molecule has 1 atom stereocenters. The highest BCUT2D eigenvalue weighted by Crippen LogP contribution is 2.30. The standard InChI is InChI=1S/C18H26N4O4/c1-11(2)18-20-16(21-26-18)10-22(3)17(23)9-13(19)12-6-7-14(24-4)15(8-12)25-5/h6-8,11,13H,9-10,19H2,1-5H3/t13-/m1/s1. The Morgan fingerprint density at radius 2 is 1.96 bits per heavy atom. The lowest BCUT2D eigenvalue weighted by Gasteiger charge is -2.19. The van der Waals surface area contributed by atoms with E-state index in [-0.39, 0.29) is 24.8 Å². The highest BCUT2D eigenvalue weighted by Gasteiger charge is 2.19. The number of rotatable bonds is 8. The van der Waals surface area contributed by atoms with Crippen LogP contribution in [0.5, 0.6) is 11.5 Å². The Bertz CT molecular complexity index is 745. The summed E-state index contributed by atoms with van der Waals surface area (Å²) in [4.78, 5) is 18.3. The zero-order valence-corrected chi connectivity index (χ0v) is 15.9. The van der Waals surface area contributed by atoms with Gasteiger partial charge in [0, 0.05) is 25.4 Å². The SMILES string of the molecule is COc1ccc([C@H](N)CC(=O)N(C)Cc2noc(C(C)C)n2)cc1OC. The number of nitrogens with two attached hydrogens (primary N) is 1. The number of methoxy groups -OCH3 is 2. The van der Waals surface area contributed by atoms with Crippen molar-refractivity contribution < 1.29 is 18.8 Å². The van der Waals surface area contributed by atoms with Crippen molar-refractivity contribution in [2.75, 3.05) is 21.3 Å². The largest absolute Gasteiger partial charge is 0.493 e. The van der Waals surface area contributed by atoms with Gasteiger partial charge >= 0.3 is 0 Å². The molecule has 0 bridgehead atoms. The molecule has 0 saturated carbocycles. The zero-order valence-electron chi connectivity index (χ0n) is 15.9. The highest BCUT2D eigenvalue weighted by atomic mass is 16.5. The second-order valence-electron chi connectivity index (χ2n) is 6.38. The molecule has 2 N–H and O–H groups in total. The van der Waals surface area contributed by atoms with Crippen LogP contribution < -0.4 is 15.2 Å². The highest BCUT2D eigenvalue weighted by molar-refractivity contribution is 5.76. The molecule has 1 aromatic heterocycles. The third-order valence-corrected chi connectivity index (χ3v) is 4.01. The van der Waals surface area contributed by atoms with Gasteiger partial charge in [-0.3, -0.25) is 4.79 Å². The summed E-state index contributed by atoms with van der Waals surface area (Å²) in [5, 5.41) is 3.90. The molecule has 2 aromatic rings. The Morgan fingerprint density at radius 3 is 2.54 bits per heavy atom. The first kappa shape index (κ1) is 19.7. The van der Waals surface area contributed by atoms with Gasteiger partial charge in [-0.1, -0.05) is 25.1 Å². The third kappa shape index (κ3) is 4.72. The van der Waals surface area contributed by atoms with E-state index in [0.717, 1.165) is 5.56 Å². The molecule has 0 aliphatic rings. The van der Waals surface area contributed by atoms with Crippen LogP contribution in [0.25, 0.3) is 0 Å². The molecular weight excluding hydrogens is 336 g/mol. The molecule has 1 heterocycles. The molecule has 8 heteroatoms. The van der Waals surface area contributed by atoms with Crippen molar-refractivity contribution in [3.05, 3.63) is 35.5 Å². The van der Waals surface area contributed by atoms with Crippen molar-refractivity contribution in [3.8, 4) is 11.5 Å². The van der Waals surface area contributed by atoms with Crippen LogP contribution in [0, 0.1) is 0 Å². The molecule has 0 spiro atoms. The molecule has 142 valence electrons. The fraction of sp³-hybridized carbons (Fsp3) is 0.500. The van der Waals surface area contributed by atoms with Crippen molar-refractivity contribution in [3.63, 3.8) is 0 Å². The maximum absolute atomic E-state index is 12.5. The van der Waals surface area contributed by atoms with Crippen LogP contribution in [0.15, 0.2) is 22.7 Å². The maximum Gasteiger partial charge on any atom is 0.229 e. The molecule has 1 aromatic carbocycles. The summed E-state index contributed by atoms with van der Waals surface area (Å²) in [6.07, 6.45) is 0.154. The summed E-state index contributed by atoms with van der Waals surface area (Å²) in [6, 6.07) is 4.93. The van der Waals surface area contributed by atoms with E-state index < -0.39 is 6.04 Å². The second kappa shape index (κ2) is 8.66. The fourth-order valence-electron chi connectivity index (χ4n) is 2.41. The molecule has 0 unspecified atom stereocenters. The van der Waals surface area contributed by atoms with Crippen molar-refractivity contribution in [1.82, 2.24) is 15.0 Å². The van der Waals surface area contributed by atoms with E-state index in [4.69, 9.17) is 19.7 Å². The number of aromatic nitrogens is 2. The molecule has 0 radical (unpaired) electrons. The molecule has 0 aliphatic heterocycles. The number of carbonyl (C=O) groups is 1. The van der Waals surface area contributed by atoms with Crippen LogP contribution in [0.2, 0.25) is 0 Å². The Hall–Kier alpha value is -2.61. The van der Waals surface area contributed by atoms with Gasteiger partial charge in [0.1, 0.15) is 0 Å². The number of amides is 1. The van der Waals surface area contributed by atoms with Gasteiger partial charge in [0.05, 0.1) is 20.8 Å². The molecule has 0 aliphatic carbocycles. The van der Waals surface area contributed by atoms with E-state index in [2.05, 4.69) is 10.1 Å². The number of carbonyl (C=O) groups excluding carboxylic acids is 1. The van der Waals surface area contributed by atoms with Crippen LogP contribution in [-0.2, 0) is 11.3 Å². The Kier molecular flexibility index (Phi) is 6.57. The molecule has 1 amide bonds. The Labute approximate surface area is 153 Å². The first-order valence-corrected chi connectivity index (χ1v) is 8.39. The van der Waals surface area contributed by atoms with Gasteiger partial charge in [-0.25, -0.2) is 0 Å². The van der Waals surface area contributed by atoms with Gasteiger partial charge in [-0.2, -0.15) is 4.98 Å². The summed E-state index contributed by atoms with van der Waals surface area (Å²) in [5.74, 6) is 2.27. The van der Waals surface area contributed by atoms with Crippen molar-refractivity contribution in [2.24, 2.45) is 5.73 Å². The van der Waals surface area contributed by atoms with Gasteiger partial charge in [-0.05, 0) is 17.7 Å². The lowest BCUT2D eigenvalue weighted by molar-refractivity contribution is -0.130. The van der Waals surface area contributed by atoms with Gasteiger partial charge in [0.25, 0.3) is 0 Å². The fourth-order valence-corrected chi connectivity index (χ4v) is 2.41. The number of benzene rings is 1. The third-order valence-electron chi connectivity index (χ3n) is 4.01. The van der Waals surface area contributed by atoms with Gasteiger partial charge < -0.3 is 24.6 Å². The smallest absolute Gasteiger partial charge is 0.229 e. The number of hydrogen-bond acceptors (Lipinski definition) is 7. The van der Waals surface area contributed by atoms with E-state index in [1.54, 1.807) is 33.4 Å². The summed E-state index contributed by atoms with van der Waals surface area (Å²) >= 11 is 0. The van der Waals surface area contributed by atoms with Crippen molar-refractivity contribution >= 4 is 5.91 Å². The van der Waals surface area contributed by atoms with E-state index >= 15 is 0 Å². The van der Waals surface area contributed by atoms with Gasteiger partial charge in [0.15, 0.2) is 17.3 Å². The summed E-state index contributed by atoms with van der Waals surface area (Å²) < 4.78 is 15.6. The van der Waals surface area contributed by atoms with Crippen molar-refractivity contribution in [2.45, 2.75) is 38.8 Å². The summed E-state index contributed by atoms with van der Waals surface area (Å²) in [6.45, 7) is 4.20. The predicted octanol–water partition coefficient (Wildman–Crippen LogP) is 2.26. The van der Waals surface area contributed by atoms with E-state index in [0.29, 0.717) is 23.2 Å². The van der Waals surface area contributed by atoms with E-state index in [1.807, 2.05) is 19.9 Å². The van der Waals surface area contributed by atoms with Gasteiger partial charge in [0.2, 0.25) is 11.8 Å². The quantitative estimate of drug-likeness (QED) is 0.768. The van der Waals surface area contributed by atoms with Crippen LogP contribution in [-0.4, -0.2) is 42.2 Å². The topological polar surface area (TPSA) is 104 Å². The average Bonchev–Trinajstić information content (AvgIpc) is 3.09. The Balaban J connectivity index is 1.99. The first-order chi connectivity index (χ1) is 12.3. The molecule has 0 fully saturated rings. The minimum atomic E-state index is -0.457. The first-order valence-electron chi connectivity index (χ1n) is 8.39. The predicted molar refractivity (Wildman–Crippen MR) is 96.0 cm³/mol. The minimum Gasteiger partial charge on any atom is -0.493 e. The zero-order chi connectivity index (χ0) is 19.3. The van der Waals surface area contributed by atoms with Crippen LogP contribution in [0.3, 0.4) is 0 Å². The maximum atomic E-state index is 12.5. The van der Waals surface area contributed by atoms with Crippen LogP contribution >= 0.6 is 0 Å². The molecule has 26 heavy (non-hydrogen) atoms. The lowest BCUT2D eigenvalue weighted by atomic mass is 10.0. The number of nitrogens with zero attached hydrogens (tertiary/aromatic N) is 3. The van der Waals surface area contributed by atoms with Gasteiger partial charge in [-0.15, -0.1) is 0 Å². The summed E-state index contributed by atoms with van der Waals surface area (Å²) in [7, 11) is 4.82. The monoisotopic (exact) mass is 362 g/mol. The number of hydrogen-bond donors (Lipinski definition) is 1.